The number of ether oxygens (including phenoxy) is 4. The van der Waals surface area contributed by atoms with Gasteiger partial charge >= 0.3 is 11.9 Å². The van der Waals surface area contributed by atoms with Gasteiger partial charge in [-0.3, -0.25) is 9.59 Å². The number of rotatable bonds is 6. The molecule has 2 saturated heterocycles. The molecule has 0 aromatic heterocycles. The Balaban J connectivity index is 2.15. The van der Waals surface area contributed by atoms with Crippen LogP contribution < -0.4 is 0 Å². The van der Waals surface area contributed by atoms with Crippen LogP contribution in [0, 0.1) is 23.7 Å². The zero-order valence-electron chi connectivity index (χ0n) is 22.3. The SMILES string of the molecule is C=C1[C@@H]2[C@@H]3O[C@H]([C@@H]2[C@@H](C(C)C)C[C@@H]1OC(C)=O)[C@](C)(OC(=O)CCC)CC[C@H](OC)[C@@](C)(O)[C@H]3O. The summed E-state index contributed by atoms with van der Waals surface area (Å²) in [5.41, 5.74) is -1.96. The summed E-state index contributed by atoms with van der Waals surface area (Å²) in [5, 5.41) is 23.0. The van der Waals surface area contributed by atoms with E-state index in [-0.39, 0.29) is 23.7 Å². The van der Waals surface area contributed by atoms with Crippen molar-refractivity contribution in [1.29, 1.82) is 0 Å². The lowest BCUT2D eigenvalue weighted by Gasteiger charge is -2.48. The van der Waals surface area contributed by atoms with Gasteiger partial charge in [0.2, 0.25) is 0 Å². The Kier molecular flexibility index (Phi) is 8.41. The number of hydrogen-bond acceptors (Lipinski definition) is 8. The lowest BCUT2D eigenvalue weighted by atomic mass is 9.59. The molecule has 2 bridgehead atoms. The van der Waals surface area contributed by atoms with Crippen molar-refractivity contribution in [3.05, 3.63) is 12.2 Å². The second-order valence-electron chi connectivity index (χ2n) is 11.4. The molecule has 2 aliphatic heterocycles. The predicted octanol–water partition coefficient (Wildman–Crippen LogP) is 3.17. The molecule has 200 valence electrons. The van der Waals surface area contributed by atoms with Gasteiger partial charge in [0.05, 0.1) is 12.2 Å². The Bertz CT molecular complexity index is 807. The molecule has 0 aromatic carbocycles. The van der Waals surface area contributed by atoms with Crippen molar-refractivity contribution in [3.8, 4) is 0 Å². The third-order valence-electron chi connectivity index (χ3n) is 8.56. The Morgan fingerprint density at radius 3 is 2.49 bits per heavy atom. The number of hydrogen-bond donors (Lipinski definition) is 2. The van der Waals surface area contributed by atoms with Crippen LogP contribution in [0.15, 0.2) is 12.2 Å². The maximum absolute atomic E-state index is 12.7. The standard InChI is InChI=1S/C27H44O8/c1-9-10-20(29)35-26(6)12-11-19(32-8)27(7,31)24(30)23-21-15(4)18(33-16(5)28)13-17(14(2)3)22(21)25(26)34-23/h14,17-19,21-25,30-31H,4,9-13H2,1-3,5-8H3/t17-,18+,19+,21+,22-,23+,24+,25-,26-,27-/m1/s1. The van der Waals surface area contributed by atoms with Crippen LogP contribution in [0.25, 0.3) is 0 Å². The zero-order valence-corrected chi connectivity index (χ0v) is 22.3. The van der Waals surface area contributed by atoms with Crippen LogP contribution in [-0.2, 0) is 28.5 Å². The Morgan fingerprint density at radius 1 is 1.29 bits per heavy atom. The van der Waals surface area contributed by atoms with Gasteiger partial charge in [0.1, 0.15) is 29.5 Å². The van der Waals surface area contributed by atoms with Crippen molar-refractivity contribution >= 4 is 11.9 Å². The van der Waals surface area contributed by atoms with E-state index in [1.54, 1.807) is 6.92 Å². The molecule has 8 nitrogen and oxygen atoms in total. The van der Waals surface area contributed by atoms with Gasteiger partial charge in [-0.15, -0.1) is 0 Å². The molecule has 1 saturated carbocycles. The number of aliphatic hydroxyl groups is 2. The van der Waals surface area contributed by atoms with E-state index in [9.17, 15) is 19.8 Å². The van der Waals surface area contributed by atoms with Crippen molar-refractivity contribution < 1.29 is 38.7 Å². The molecule has 0 unspecified atom stereocenters. The molecule has 8 heteroatoms. The molecule has 0 aromatic rings. The molecule has 3 aliphatic rings. The summed E-state index contributed by atoms with van der Waals surface area (Å²) in [6.07, 6.45) is -1.55. The van der Waals surface area contributed by atoms with Crippen molar-refractivity contribution in [1.82, 2.24) is 0 Å². The topological polar surface area (TPSA) is 112 Å². The van der Waals surface area contributed by atoms with Gasteiger partial charge in [-0.05, 0) is 56.9 Å². The van der Waals surface area contributed by atoms with Gasteiger partial charge < -0.3 is 29.2 Å². The maximum atomic E-state index is 12.7. The number of methoxy groups -OCH3 is 1. The van der Waals surface area contributed by atoms with Gasteiger partial charge in [-0.2, -0.15) is 0 Å². The highest BCUT2D eigenvalue weighted by Crippen LogP contribution is 2.56. The van der Waals surface area contributed by atoms with Crippen molar-refractivity contribution in [2.24, 2.45) is 23.7 Å². The van der Waals surface area contributed by atoms with Crippen LogP contribution in [0.4, 0.5) is 0 Å². The summed E-state index contributed by atoms with van der Waals surface area (Å²) >= 11 is 0. The predicted molar refractivity (Wildman–Crippen MR) is 129 cm³/mol. The van der Waals surface area contributed by atoms with Gasteiger partial charge in [-0.1, -0.05) is 27.4 Å². The monoisotopic (exact) mass is 496 g/mol. The minimum atomic E-state index is -1.63. The molecule has 0 amide bonds. The summed E-state index contributed by atoms with van der Waals surface area (Å²) in [4.78, 5) is 24.6. The van der Waals surface area contributed by atoms with Crippen molar-refractivity contribution in [3.63, 3.8) is 0 Å². The molecule has 3 rings (SSSR count). The average molecular weight is 497 g/mol. The first-order valence-corrected chi connectivity index (χ1v) is 12.9. The normalized spacial score (nSPS) is 43.7. The summed E-state index contributed by atoms with van der Waals surface area (Å²) in [6, 6.07) is 0. The van der Waals surface area contributed by atoms with Crippen LogP contribution >= 0.6 is 0 Å². The first-order chi connectivity index (χ1) is 16.3. The maximum Gasteiger partial charge on any atom is 0.306 e. The number of aliphatic hydroxyl groups excluding tert-OH is 1. The summed E-state index contributed by atoms with van der Waals surface area (Å²) in [7, 11) is 1.50. The molecule has 35 heavy (non-hydrogen) atoms. The van der Waals surface area contributed by atoms with E-state index in [1.807, 2.05) is 13.8 Å². The van der Waals surface area contributed by atoms with Gasteiger partial charge in [-0.25, -0.2) is 0 Å². The van der Waals surface area contributed by atoms with Crippen LogP contribution in [0.3, 0.4) is 0 Å². The third kappa shape index (κ3) is 5.17. The van der Waals surface area contributed by atoms with Gasteiger partial charge in [0.25, 0.3) is 0 Å². The minimum Gasteiger partial charge on any atom is -0.458 e. The summed E-state index contributed by atoms with van der Waals surface area (Å²) in [5.74, 6) is -0.955. The van der Waals surface area contributed by atoms with Gasteiger partial charge in [0.15, 0.2) is 0 Å². The van der Waals surface area contributed by atoms with Crippen LogP contribution in [-0.4, -0.2) is 71.0 Å². The number of carbonyl (C=O) groups excluding carboxylic acids is 2. The largest absolute Gasteiger partial charge is 0.458 e. The van der Waals surface area contributed by atoms with Crippen molar-refractivity contribution in [2.45, 2.75) is 115 Å². The zero-order chi connectivity index (χ0) is 26.3. The Labute approximate surface area is 209 Å². The highest BCUT2D eigenvalue weighted by molar-refractivity contribution is 5.70. The number of esters is 2. The smallest absolute Gasteiger partial charge is 0.306 e. The molecule has 2 heterocycles. The molecule has 0 radical (unpaired) electrons. The van der Waals surface area contributed by atoms with E-state index < -0.39 is 53.6 Å². The number of fused-ring (bicyclic) bond motifs is 5. The van der Waals surface area contributed by atoms with E-state index in [0.29, 0.717) is 37.7 Å². The first-order valence-electron chi connectivity index (χ1n) is 12.9. The van der Waals surface area contributed by atoms with Gasteiger partial charge in [0, 0.05) is 32.3 Å². The summed E-state index contributed by atoms with van der Waals surface area (Å²) in [6.45, 7) is 15.3. The van der Waals surface area contributed by atoms with E-state index in [2.05, 4.69) is 20.4 Å². The van der Waals surface area contributed by atoms with Crippen LogP contribution in [0.5, 0.6) is 0 Å². The van der Waals surface area contributed by atoms with E-state index >= 15 is 0 Å². The van der Waals surface area contributed by atoms with E-state index in [0.717, 1.165) is 0 Å². The lowest BCUT2D eigenvalue weighted by molar-refractivity contribution is -0.192. The van der Waals surface area contributed by atoms with E-state index in [1.165, 1.54) is 14.0 Å². The average Bonchev–Trinajstić information content (AvgIpc) is 3.16. The fourth-order valence-electron chi connectivity index (χ4n) is 6.69. The van der Waals surface area contributed by atoms with E-state index in [4.69, 9.17) is 18.9 Å². The minimum absolute atomic E-state index is 0.0591. The lowest BCUT2D eigenvalue weighted by Crippen LogP contribution is -2.58. The summed E-state index contributed by atoms with van der Waals surface area (Å²) < 4.78 is 24.0. The third-order valence-corrected chi connectivity index (χ3v) is 8.56. The fraction of sp³-hybridized carbons (Fsp3) is 0.852. The fourth-order valence-corrected chi connectivity index (χ4v) is 6.69. The highest BCUT2D eigenvalue weighted by atomic mass is 16.6. The molecular formula is C27H44O8. The second kappa shape index (κ2) is 10.5. The van der Waals surface area contributed by atoms with Crippen LogP contribution in [0.2, 0.25) is 0 Å². The molecular weight excluding hydrogens is 452 g/mol. The molecule has 0 spiro atoms. The highest BCUT2D eigenvalue weighted by Gasteiger charge is 2.64. The Morgan fingerprint density at radius 2 is 1.94 bits per heavy atom. The molecule has 10 atom stereocenters. The molecule has 2 N–H and O–H groups in total. The van der Waals surface area contributed by atoms with Crippen LogP contribution in [0.1, 0.15) is 73.6 Å². The quantitative estimate of drug-likeness (QED) is 0.426. The Hall–Kier alpha value is -1.48. The second-order valence-corrected chi connectivity index (χ2v) is 11.4. The number of carbonyl (C=O) groups is 2. The first kappa shape index (κ1) is 28.1. The molecule has 3 fully saturated rings. The van der Waals surface area contributed by atoms with Crippen molar-refractivity contribution in [2.75, 3.05) is 7.11 Å². The molecule has 1 aliphatic carbocycles.